The van der Waals surface area contributed by atoms with E-state index < -0.39 is 18.5 Å². The van der Waals surface area contributed by atoms with Crippen LogP contribution in [0, 0.1) is 0 Å². The zero-order valence-corrected chi connectivity index (χ0v) is 15.7. The van der Waals surface area contributed by atoms with E-state index in [-0.39, 0.29) is 12.4 Å². The highest BCUT2D eigenvalue weighted by atomic mass is 16.5. The maximum Gasteiger partial charge on any atom is 0.375 e. The zero-order valence-electron chi connectivity index (χ0n) is 15.7. The van der Waals surface area contributed by atoms with Crippen LogP contribution >= 0.6 is 0 Å². The van der Waals surface area contributed by atoms with E-state index in [0.29, 0.717) is 29.2 Å². The van der Waals surface area contributed by atoms with Crippen molar-refractivity contribution in [3.8, 4) is 5.75 Å². The summed E-state index contributed by atoms with van der Waals surface area (Å²) in [4.78, 5) is 24.6. The largest absolute Gasteiger partial charge is 0.497 e. The van der Waals surface area contributed by atoms with Gasteiger partial charge in [0.05, 0.1) is 13.7 Å². The van der Waals surface area contributed by atoms with E-state index in [4.69, 9.17) is 18.6 Å². The minimum atomic E-state index is -0.716. The molecule has 1 amide bonds. The number of carbonyl (C=O) groups is 2. The first kappa shape index (κ1) is 19.4. The van der Waals surface area contributed by atoms with Gasteiger partial charge in [0, 0.05) is 29.3 Å². The van der Waals surface area contributed by atoms with Gasteiger partial charge < -0.3 is 23.9 Å². The van der Waals surface area contributed by atoms with Crippen LogP contribution in [0.5, 0.6) is 5.75 Å². The molecule has 7 heteroatoms. The predicted molar refractivity (Wildman–Crippen MR) is 103 cm³/mol. The van der Waals surface area contributed by atoms with Gasteiger partial charge in [0.2, 0.25) is 5.76 Å². The number of methoxy groups -OCH3 is 1. The van der Waals surface area contributed by atoms with E-state index in [0.717, 1.165) is 5.39 Å². The summed E-state index contributed by atoms with van der Waals surface area (Å²) in [5.74, 6) is -0.530. The van der Waals surface area contributed by atoms with Crippen molar-refractivity contribution in [3.63, 3.8) is 0 Å². The molecule has 0 saturated heterocycles. The molecule has 1 N–H and O–H groups in total. The number of hydrogen-bond donors (Lipinski definition) is 1. The van der Waals surface area contributed by atoms with E-state index in [9.17, 15) is 9.59 Å². The second-order valence-electron chi connectivity index (χ2n) is 5.90. The summed E-state index contributed by atoms with van der Waals surface area (Å²) in [6, 6.07) is 14.2. The molecule has 0 radical (unpaired) electrons. The van der Waals surface area contributed by atoms with Crippen LogP contribution in [0.25, 0.3) is 11.0 Å². The Morgan fingerprint density at radius 3 is 2.71 bits per heavy atom. The Morgan fingerprint density at radius 1 is 1.11 bits per heavy atom. The number of esters is 1. The number of ether oxygens (including phenoxy) is 3. The molecule has 2 aromatic carbocycles. The molecule has 0 atom stereocenters. The first-order chi connectivity index (χ1) is 13.6. The molecule has 1 heterocycles. The van der Waals surface area contributed by atoms with Gasteiger partial charge in [-0.25, -0.2) is 4.79 Å². The monoisotopic (exact) mass is 383 g/mol. The number of furan rings is 1. The molecule has 0 aliphatic rings. The minimum absolute atomic E-state index is 0.0452. The van der Waals surface area contributed by atoms with Gasteiger partial charge >= 0.3 is 5.97 Å². The maximum absolute atomic E-state index is 12.5. The molecule has 0 saturated carbocycles. The quantitative estimate of drug-likeness (QED) is 0.596. The molecule has 7 nitrogen and oxygen atoms in total. The van der Waals surface area contributed by atoms with Gasteiger partial charge in [0.1, 0.15) is 11.3 Å². The lowest BCUT2D eigenvalue weighted by atomic mass is 10.1. The molecule has 3 rings (SSSR count). The van der Waals surface area contributed by atoms with E-state index in [1.54, 1.807) is 30.3 Å². The van der Waals surface area contributed by atoms with Crippen molar-refractivity contribution in [3.05, 3.63) is 59.9 Å². The first-order valence-electron chi connectivity index (χ1n) is 8.81. The Bertz CT molecular complexity index is 978. The summed E-state index contributed by atoms with van der Waals surface area (Å²) in [7, 11) is 1.54. The zero-order chi connectivity index (χ0) is 19.9. The lowest BCUT2D eigenvalue weighted by Crippen LogP contribution is -2.21. The van der Waals surface area contributed by atoms with E-state index >= 15 is 0 Å². The van der Waals surface area contributed by atoms with Crippen LogP contribution in [-0.4, -0.2) is 32.2 Å². The van der Waals surface area contributed by atoms with Gasteiger partial charge in [-0.05, 0) is 25.1 Å². The highest BCUT2D eigenvalue weighted by molar-refractivity contribution is 5.98. The molecule has 0 aliphatic heterocycles. The molecule has 1 aromatic heterocycles. The average molecular weight is 383 g/mol. The van der Waals surface area contributed by atoms with Crippen molar-refractivity contribution < 1.29 is 28.2 Å². The molecule has 3 aromatic rings. The van der Waals surface area contributed by atoms with Crippen LogP contribution in [0.15, 0.2) is 52.9 Å². The van der Waals surface area contributed by atoms with Crippen molar-refractivity contribution in [1.82, 2.24) is 0 Å². The third-order valence-corrected chi connectivity index (χ3v) is 4.02. The second-order valence-corrected chi connectivity index (χ2v) is 5.90. The third kappa shape index (κ3) is 4.50. The normalized spacial score (nSPS) is 10.6. The average Bonchev–Trinajstić information content (AvgIpc) is 3.09. The summed E-state index contributed by atoms with van der Waals surface area (Å²) in [5.41, 5.74) is 1.71. The number of anilines is 1. The number of amides is 1. The Labute approximate surface area is 162 Å². The molecular weight excluding hydrogens is 362 g/mol. The molecule has 0 unspecified atom stereocenters. The lowest BCUT2D eigenvalue weighted by molar-refractivity contribution is -0.119. The number of carbonyl (C=O) groups excluding carboxylic acids is 2. The number of nitrogens with one attached hydrogen (secondary N) is 1. The maximum atomic E-state index is 12.5. The fourth-order valence-corrected chi connectivity index (χ4v) is 2.71. The molecule has 0 bridgehead atoms. The summed E-state index contributed by atoms with van der Waals surface area (Å²) in [5, 5.41) is 3.43. The Hall–Kier alpha value is -3.32. The highest BCUT2D eigenvalue weighted by Gasteiger charge is 2.22. The summed E-state index contributed by atoms with van der Waals surface area (Å²) < 4.78 is 21.3. The van der Waals surface area contributed by atoms with Gasteiger partial charge in [0.25, 0.3) is 5.91 Å². The van der Waals surface area contributed by atoms with Gasteiger partial charge in [-0.3, -0.25) is 4.79 Å². The summed E-state index contributed by atoms with van der Waals surface area (Å²) >= 11 is 0. The van der Waals surface area contributed by atoms with Gasteiger partial charge in [-0.15, -0.1) is 0 Å². The number of rotatable bonds is 8. The van der Waals surface area contributed by atoms with Crippen LogP contribution in [0.3, 0.4) is 0 Å². The minimum Gasteiger partial charge on any atom is -0.497 e. The van der Waals surface area contributed by atoms with E-state index in [1.807, 2.05) is 25.1 Å². The van der Waals surface area contributed by atoms with Crippen molar-refractivity contribution in [1.29, 1.82) is 0 Å². The number of fused-ring (bicyclic) bond motifs is 1. The SMILES string of the molecule is CCOCc1c(C(=O)OCC(=O)Nc2cccc(OC)c2)oc2ccccc12. The van der Waals surface area contributed by atoms with Crippen molar-refractivity contribution in [2.24, 2.45) is 0 Å². The molecule has 0 spiro atoms. The standard InChI is InChI=1S/C21H21NO6/c1-3-26-12-17-16-9-4-5-10-18(16)28-20(17)21(24)27-13-19(23)22-14-7-6-8-15(11-14)25-2/h4-11H,3,12-13H2,1-2H3,(H,22,23). The van der Waals surface area contributed by atoms with Crippen LogP contribution in [0.4, 0.5) is 5.69 Å². The molecule has 28 heavy (non-hydrogen) atoms. The van der Waals surface area contributed by atoms with Gasteiger partial charge in [-0.2, -0.15) is 0 Å². The predicted octanol–water partition coefficient (Wildman–Crippen LogP) is 3.77. The van der Waals surface area contributed by atoms with Crippen molar-refractivity contribution in [2.45, 2.75) is 13.5 Å². The molecular formula is C21H21NO6. The van der Waals surface area contributed by atoms with Crippen LogP contribution in [0.1, 0.15) is 23.0 Å². The van der Waals surface area contributed by atoms with Crippen molar-refractivity contribution in [2.75, 3.05) is 25.6 Å². The van der Waals surface area contributed by atoms with Crippen LogP contribution < -0.4 is 10.1 Å². The highest BCUT2D eigenvalue weighted by Crippen LogP contribution is 2.27. The number of para-hydroxylation sites is 1. The van der Waals surface area contributed by atoms with E-state index in [1.165, 1.54) is 7.11 Å². The van der Waals surface area contributed by atoms with Crippen LogP contribution in [0.2, 0.25) is 0 Å². The molecule has 0 fully saturated rings. The smallest absolute Gasteiger partial charge is 0.375 e. The van der Waals surface area contributed by atoms with E-state index in [2.05, 4.69) is 5.32 Å². The Kier molecular flexibility index (Phi) is 6.29. The first-order valence-corrected chi connectivity index (χ1v) is 8.81. The molecule has 0 aliphatic carbocycles. The topological polar surface area (TPSA) is 87.0 Å². The van der Waals surface area contributed by atoms with Gasteiger partial charge in [0.15, 0.2) is 6.61 Å². The summed E-state index contributed by atoms with van der Waals surface area (Å²) in [6.45, 7) is 2.13. The molecule has 146 valence electrons. The second kappa shape index (κ2) is 9.05. The van der Waals surface area contributed by atoms with Crippen LogP contribution in [-0.2, 0) is 20.9 Å². The Balaban J connectivity index is 1.68. The van der Waals surface area contributed by atoms with Crippen molar-refractivity contribution >= 4 is 28.5 Å². The lowest BCUT2D eigenvalue weighted by Gasteiger charge is -2.08. The fraction of sp³-hybridized carbons (Fsp3) is 0.238. The summed E-state index contributed by atoms with van der Waals surface area (Å²) in [6.07, 6.45) is 0. The number of hydrogen-bond acceptors (Lipinski definition) is 6. The fourth-order valence-electron chi connectivity index (χ4n) is 2.71. The Morgan fingerprint density at radius 2 is 1.93 bits per heavy atom. The third-order valence-electron chi connectivity index (χ3n) is 4.02. The number of benzene rings is 2. The van der Waals surface area contributed by atoms with Gasteiger partial charge in [-0.1, -0.05) is 24.3 Å².